The number of anilines is 1. The van der Waals surface area contributed by atoms with Gasteiger partial charge in [-0.25, -0.2) is 14.6 Å². The molecule has 1 aliphatic rings. The number of hydrogen-bond donors (Lipinski definition) is 4. The first-order valence-electron chi connectivity index (χ1n) is 9.15. The Balaban J connectivity index is 2.02. The Kier molecular flexibility index (Phi) is 7.43. The molecule has 0 aromatic carbocycles. The maximum atomic E-state index is 12.3. The van der Waals surface area contributed by atoms with Gasteiger partial charge in [0.1, 0.15) is 11.4 Å². The van der Waals surface area contributed by atoms with Crippen LogP contribution < -0.4 is 16.0 Å². The fraction of sp³-hybridized carbons (Fsp3) is 0.500. The lowest BCUT2D eigenvalue weighted by Crippen LogP contribution is -2.62. The molecule has 1 aliphatic heterocycles. The minimum Gasteiger partial charge on any atom is -0.465 e. The second kappa shape index (κ2) is 9.61. The first kappa shape index (κ1) is 23.2. The van der Waals surface area contributed by atoms with Gasteiger partial charge in [0.2, 0.25) is 0 Å². The fourth-order valence-electron chi connectivity index (χ4n) is 2.76. The molecule has 2 heterocycles. The Labute approximate surface area is 178 Å². The summed E-state index contributed by atoms with van der Waals surface area (Å²) in [6.45, 7) is 5.12. The Bertz CT molecular complexity index is 810. The molecule has 164 valence electrons. The number of carbonyl (C=O) groups is 4. The highest BCUT2D eigenvalue weighted by molar-refractivity contribution is 6.39. The summed E-state index contributed by atoms with van der Waals surface area (Å²) in [5, 5.41) is 17.0. The summed E-state index contributed by atoms with van der Waals surface area (Å²) < 4.78 is 5.20. The third-order valence-corrected chi connectivity index (χ3v) is 4.30. The van der Waals surface area contributed by atoms with Crippen molar-refractivity contribution in [2.45, 2.75) is 44.9 Å². The number of halogens is 1. The van der Waals surface area contributed by atoms with E-state index in [2.05, 4.69) is 20.9 Å². The number of piperidine rings is 1. The SMILES string of the molecule is CC(C)(C)OC(=O)N[C@@H]1CN(C(=O)O)CC[C@@H]1NC(=O)C(=O)Nc1ccc(Cl)cn1. The predicted octanol–water partition coefficient (Wildman–Crippen LogP) is 1.44. The van der Waals surface area contributed by atoms with Crippen LogP contribution in [0.4, 0.5) is 15.4 Å². The van der Waals surface area contributed by atoms with Crippen molar-refractivity contribution in [2.75, 3.05) is 18.4 Å². The van der Waals surface area contributed by atoms with E-state index in [9.17, 15) is 24.3 Å². The zero-order valence-electron chi connectivity index (χ0n) is 16.8. The number of ether oxygens (including phenoxy) is 1. The van der Waals surface area contributed by atoms with Crippen molar-refractivity contribution in [3.05, 3.63) is 23.4 Å². The molecule has 0 radical (unpaired) electrons. The summed E-state index contributed by atoms with van der Waals surface area (Å²) in [6.07, 6.45) is -0.390. The normalized spacial score (nSPS) is 18.9. The lowest BCUT2D eigenvalue weighted by atomic mass is 9.99. The number of aromatic nitrogens is 1. The molecule has 2 atom stereocenters. The summed E-state index contributed by atoms with van der Waals surface area (Å²) in [5.74, 6) is -1.76. The summed E-state index contributed by atoms with van der Waals surface area (Å²) in [6, 6.07) is 1.48. The second-order valence-corrected chi connectivity index (χ2v) is 8.10. The third kappa shape index (κ3) is 7.07. The number of amides is 4. The fourth-order valence-corrected chi connectivity index (χ4v) is 2.87. The number of nitrogens with zero attached hydrogens (tertiary/aromatic N) is 2. The van der Waals surface area contributed by atoms with Crippen LogP contribution in [0.3, 0.4) is 0 Å². The van der Waals surface area contributed by atoms with Crippen molar-refractivity contribution in [1.29, 1.82) is 0 Å². The largest absolute Gasteiger partial charge is 0.465 e. The van der Waals surface area contributed by atoms with Crippen molar-refractivity contribution < 1.29 is 29.0 Å². The number of carboxylic acid groups (broad SMARTS) is 1. The van der Waals surface area contributed by atoms with E-state index in [4.69, 9.17) is 16.3 Å². The quantitative estimate of drug-likeness (QED) is 0.518. The first-order valence-corrected chi connectivity index (χ1v) is 9.53. The van der Waals surface area contributed by atoms with Crippen LogP contribution in [0.25, 0.3) is 0 Å². The van der Waals surface area contributed by atoms with E-state index < -0.39 is 41.7 Å². The highest BCUT2D eigenvalue weighted by Crippen LogP contribution is 2.14. The van der Waals surface area contributed by atoms with Gasteiger partial charge in [-0.05, 0) is 39.3 Å². The highest BCUT2D eigenvalue weighted by atomic mass is 35.5. The molecule has 0 spiro atoms. The number of alkyl carbamates (subject to hydrolysis) is 1. The maximum Gasteiger partial charge on any atom is 0.408 e. The first-order chi connectivity index (χ1) is 13.9. The second-order valence-electron chi connectivity index (χ2n) is 7.67. The van der Waals surface area contributed by atoms with Crippen LogP contribution in [0.2, 0.25) is 5.02 Å². The Morgan fingerprint density at radius 3 is 2.43 bits per heavy atom. The molecule has 4 amide bonds. The standard InChI is InChI=1S/C18H24ClN5O6/c1-18(2,3)30-16(27)22-12-9-24(17(28)29)7-6-11(12)21-14(25)15(26)23-13-5-4-10(19)8-20-13/h4-5,8,11-12H,6-7,9H2,1-3H3,(H,21,25)(H,22,27)(H,28,29)(H,20,23,26)/t11-,12+/m0/s1. The number of carbonyl (C=O) groups excluding carboxylic acids is 3. The lowest BCUT2D eigenvalue weighted by molar-refractivity contribution is -0.137. The van der Waals surface area contributed by atoms with Gasteiger partial charge in [0.25, 0.3) is 0 Å². The summed E-state index contributed by atoms with van der Waals surface area (Å²) in [4.78, 5) is 52.9. The molecule has 30 heavy (non-hydrogen) atoms. The summed E-state index contributed by atoms with van der Waals surface area (Å²) >= 11 is 5.73. The van der Waals surface area contributed by atoms with Crippen molar-refractivity contribution >= 4 is 41.4 Å². The Morgan fingerprint density at radius 1 is 1.17 bits per heavy atom. The number of nitrogens with one attached hydrogen (secondary N) is 3. The van der Waals surface area contributed by atoms with Crippen LogP contribution >= 0.6 is 11.6 Å². The smallest absolute Gasteiger partial charge is 0.408 e. The lowest BCUT2D eigenvalue weighted by Gasteiger charge is -2.38. The van der Waals surface area contributed by atoms with Crippen molar-refractivity contribution in [2.24, 2.45) is 0 Å². The number of rotatable bonds is 3. The van der Waals surface area contributed by atoms with Crippen molar-refractivity contribution in [1.82, 2.24) is 20.5 Å². The van der Waals surface area contributed by atoms with Crippen LogP contribution in [0, 0.1) is 0 Å². The number of hydrogen-bond acceptors (Lipinski definition) is 6. The van der Waals surface area contributed by atoms with E-state index >= 15 is 0 Å². The van der Waals surface area contributed by atoms with E-state index in [1.807, 2.05) is 0 Å². The Morgan fingerprint density at radius 2 is 1.87 bits per heavy atom. The van der Waals surface area contributed by atoms with E-state index in [-0.39, 0.29) is 25.3 Å². The minimum absolute atomic E-state index is 0.0696. The highest BCUT2D eigenvalue weighted by Gasteiger charge is 2.35. The van der Waals surface area contributed by atoms with Crippen molar-refractivity contribution in [3.8, 4) is 0 Å². The van der Waals surface area contributed by atoms with Gasteiger partial charge in [-0.2, -0.15) is 0 Å². The van der Waals surface area contributed by atoms with Gasteiger partial charge in [-0.3, -0.25) is 9.59 Å². The zero-order valence-corrected chi connectivity index (χ0v) is 17.5. The number of likely N-dealkylation sites (tertiary alicyclic amines) is 1. The molecule has 0 aliphatic carbocycles. The van der Waals surface area contributed by atoms with Crippen LogP contribution in [0.1, 0.15) is 27.2 Å². The molecular formula is C18H24ClN5O6. The maximum absolute atomic E-state index is 12.3. The zero-order chi connectivity index (χ0) is 22.5. The van der Waals surface area contributed by atoms with E-state index in [1.54, 1.807) is 20.8 Å². The van der Waals surface area contributed by atoms with Gasteiger partial charge in [0, 0.05) is 19.3 Å². The average Bonchev–Trinajstić information content (AvgIpc) is 2.63. The minimum atomic E-state index is -1.15. The average molecular weight is 442 g/mol. The molecule has 0 bridgehead atoms. The topological polar surface area (TPSA) is 150 Å². The van der Waals surface area contributed by atoms with Crippen LogP contribution in [-0.4, -0.2) is 69.8 Å². The predicted molar refractivity (Wildman–Crippen MR) is 107 cm³/mol. The molecule has 0 unspecified atom stereocenters. The van der Waals surface area contributed by atoms with E-state index in [0.29, 0.717) is 5.02 Å². The molecule has 1 fully saturated rings. The molecule has 1 saturated heterocycles. The number of pyridine rings is 1. The molecule has 2 rings (SSSR count). The van der Waals surface area contributed by atoms with Gasteiger partial charge >= 0.3 is 24.0 Å². The van der Waals surface area contributed by atoms with E-state index in [1.165, 1.54) is 18.3 Å². The summed E-state index contributed by atoms with van der Waals surface area (Å²) in [5.41, 5.74) is -0.755. The molecule has 12 heteroatoms. The van der Waals surface area contributed by atoms with Gasteiger partial charge in [-0.15, -0.1) is 0 Å². The monoisotopic (exact) mass is 441 g/mol. The molecule has 0 saturated carbocycles. The van der Waals surface area contributed by atoms with Gasteiger partial charge in [0.15, 0.2) is 0 Å². The summed E-state index contributed by atoms with van der Waals surface area (Å²) in [7, 11) is 0. The van der Waals surface area contributed by atoms with Crippen molar-refractivity contribution in [3.63, 3.8) is 0 Å². The Hall–Kier alpha value is -3.08. The van der Waals surface area contributed by atoms with Crippen LogP contribution in [-0.2, 0) is 14.3 Å². The van der Waals surface area contributed by atoms with Gasteiger partial charge in [0.05, 0.1) is 17.1 Å². The molecule has 11 nitrogen and oxygen atoms in total. The van der Waals surface area contributed by atoms with E-state index in [0.717, 1.165) is 4.90 Å². The molecule has 4 N–H and O–H groups in total. The van der Waals surface area contributed by atoms with Crippen LogP contribution in [0.5, 0.6) is 0 Å². The molecule has 1 aromatic rings. The third-order valence-electron chi connectivity index (χ3n) is 4.08. The molecule has 1 aromatic heterocycles. The van der Waals surface area contributed by atoms with Gasteiger partial charge < -0.3 is 30.7 Å². The van der Waals surface area contributed by atoms with Crippen LogP contribution in [0.15, 0.2) is 18.3 Å². The molecular weight excluding hydrogens is 418 g/mol. The van der Waals surface area contributed by atoms with Gasteiger partial charge in [-0.1, -0.05) is 11.6 Å².